The SMILES string of the molecule is CC[C@H](C)n1c(=N)c(S(=O)(=O)c2ccc(C)cc2)cc2c(=O)n3ccccc3nc21. The number of nitrogens with one attached hydrogen (secondary N) is 1. The van der Waals surface area contributed by atoms with Crippen molar-refractivity contribution in [2.75, 3.05) is 0 Å². The highest BCUT2D eigenvalue weighted by atomic mass is 32.2. The summed E-state index contributed by atoms with van der Waals surface area (Å²) >= 11 is 0. The fourth-order valence-electron chi connectivity index (χ4n) is 3.49. The highest BCUT2D eigenvalue weighted by Gasteiger charge is 2.25. The van der Waals surface area contributed by atoms with E-state index in [1.807, 2.05) is 20.8 Å². The van der Waals surface area contributed by atoms with Gasteiger partial charge in [-0.15, -0.1) is 0 Å². The van der Waals surface area contributed by atoms with Crippen LogP contribution >= 0.6 is 0 Å². The lowest BCUT2D eigenvalue weighted by atomic mass is 10.2. The van der Waals surface area contributed by atoms with E-state index in [1.54, 1.807) is 41.1 Å². The van der Waals surface area contributed by atoms with Crippen LogP contribution in [0.2, 0.25) is 0 Å². The van der Waals surface area contributed by atoms with Crippen molar-refractivity contribution in [3.8, 4) is 0 Å². The van der Waals surface area contributed by atoms with E-state index in [-0.39, 0.29) is 32.3 Å². The quantitative estimate of drug-likeness (QED) is 0.511. The Morgan fingerprint density at radius 3 is 2.50 bits per heavy atom. The van der Waals surface area contributed by atoms with Crippen molar-refractivity contribution in [1.29, 1.82) is 5.41 Å². The van der Waals surface area contributed by atoms with Crippen LogP contribution in [0.3, 0.4) is 0 Å². The number of hydrogen-bond acceptors (Lipinski definition) is 5. The van der Waals surface area contributed by atoms with Crippen LogP contribution in [-0.4, -0.2) is 22.4 Å². The number of fused-ring (bicyclic) bond motifs is 2. The number of nitrogens with zero attached hydrogens (tertiary/aromatic N) is 3. The number of aryl methyl sites for hydroxylation is 1. The zero-order chi connectivity index (χ0) is 21.6. The molecule has 3 aromatic heterocycles. The van der Waals surface area contributed by atoms with E-state index in [0.717, 1.165) is 5.56 Å². The summed E-state index contributed by atoms with van der Waals surface area (Å²) in [6, 6.07) is 12.7. The molecule has 0 radical (unpaired) electrons. The van der Waals surface area contributed by atoms with Gasteiger partial charge in [0, 0.05) is 12.2 Å². The zero-order valence-corrected chi connectivity index (χ0v) is 17.8. The Kier molecular flexibility index (Phi) is 4.82. The van der Waals surface area contributed by atoms with Crippen molar-refractivity contribution >= 4 is 26.5 Å². The molecule has 1 aromatic carbocycles. The molecule has 0 saturated carbocycles. The number of rotatable bonds is 4. The Labute approximate surface area is 173 Å². The van der Waals surface area contributed by atoms with Crippen LogP contribution in [0.15, 0.2) is 69.3 Å². The second kappa shape index (κ2) is 7.21. The van der Waals surface area contributed by atoms with Gasteiger partial charge in [-0.25, -0.2) is 13.4 Å². The van der Waals surface area contributed by atoms with Crippen molar-refractivity contribution in [1.82, 2.24) is 14.0 Å². The lowest BCUT2D eigenvalue weighted by Crippen LogP contribution is -2.31. The Hall–Kier alpha value is -3.26. The molecule has 0 amide bonds. The Bertz CT molecular complexity index is 1500. The highest BCUT2D eigenvalue weighted by Crippen LogP contribution is 2.23. The monoisotopic (exact) mass is 422 g/mol. The van der Waals surface area contributed by atoms with Crippen molar-refractivity contribution in [2.45, 2.75) is 43.0 Å². The topological polar surface area (TPSA) is 97.3 Å². The van der Waals surface area contributed by atoms with Crippen LogP contribution in [0.5, 0.6) is 0 Å². The fraction of sp³-hybridized carbons (Fsp3) is 0.227. The molecule has 0 aliphatic carbocycles. The van der Waals surface area contributed by atoms with Crippen molar-refractivity contribution < 1.29 is 8.42 Å². The van der Waals surface area contributed by atoms with Gasteiger partial charge in [-0.2, -0.15) is 0 Å². The summed E-state index contributed by atoms with van der Waals surface area (Å²) in [5.74, 6) is 0. The first kappa shape index (κ1) is 20.0. The average Bonchev–Trinajstić information content (AvgIpc) is 2.73. The van der Waals surface area contributed by atoms with E-state index >= 15 is 0 Å². The van der Waals surface area contributed by atoms with Crippen LogP contribution in [0.1, 0.15) is 31.9 Å². The van der Waals surface area contributed by atoms with E-state index in [9.17, 15) is 13.2 Å². The lowest BCUT2D eigenvalue weighted by Gasteiger charge is -2.19. The number of aromatic nitrogens is 3. The molecule has 7 nitrogen and oxygen atoms in total. The standard InChI is InChI=1S/C22H22N4O3S/c1-4-15(3)26-20(23)18(30(28,29)16-10-8-14(2)9-11-16)13-17-21(26)24-19-7-5-6-12-25(19)22(17)27/h5-13,15,23H,4H2,1-3H3/t15-/m0/s1. The molecule has 0 aliphatic heterocycles. The van der Waals surface area contributed by atoms with E-state index in [0.29, 0.717) is 17.7 Å². The first-order valence-electron chi connectivity index (χ1n) is 9.68. The average molecular weight is 423 g/mol. The number of sulfone groups is 1. The maximum atomic E-state index is 13.4. The summed E-state index contributed by atoms with van der Waals surface area (Å²) in [7, 11) is -4.00. The largest absolute Gasteiger partial charge is 0.307 e. The van der Waals surface area contributed by atoms with Gasteiger partial charge in [-0.05, 0) is 50.6 Å². The number of benzene rings is 1. The highest BCUT2D eigenvalue weighted by molar-refractivity contribution is 7.91. The molecule has 30 heavy (non-hydrogen) atoms. The Morgan fingerprint density at radius 2 is 1.83 bits per heavy atom. The second-order valence-electron chi connectivity index (χ2n) is 7.38. The molecule has 0 fully saturated rings. The molecule has 4 aromatic rings. The van der Waals surface area contributed by atoms with Gasteiger partial charge in [0.1, 0.15) is 21.7 Å². The predicted octanol–water partition coefficient (Wildman–Crippen LogP) is 3.24. The van der Waals surface area contributed by atoms with E-state index in [1.165, 1.54) is 22.6 Å². The molecule has 0 bridgehead atoms. The molecule has 0 unspecified atom stereocenters. The molecule has 1 N–H and O–H groups in total. The third-order valence-electron chi connectivity index (χ3n) is 5.38. The molecule has 3 heterocycles. The van der Waals surface area contributed by atoms with Crippen LogP contribution in [0, 0.1) is 12.3 Å². The predicted molar refractivity (Wildman–Crippen MR) is 114 cm³/mol. The molecular weight excluding hydrogens is 400 g/mol. The minimum absolute atomic E-state index is 0.0884. The van der Waals surface area contributed by atoms with Gasteiger partial charge in [0.2, 0.25) is 9.84 Å². The van der Waals surface area contributed by atoms with E-state index in [2.05, 4.69) is 4.98 Å². The van der Waals surface area contributed by atoms with Crippen molar-refractivity contribution in [2.24, 2.45) is 0 Å². The maximum Gasteiger partial charge on any atom is 0.267 e. The summed E-state index contributed by atoms with van der Waals surface area (Å²) in [4.78, 5) is 17.7. The third-order valence-corrected chi connectivity index (χ3v) is 7.16. The van der Waals surface area contributed by atoms with Crippen LogP contribution in [0.25, 0.3) is 16.7 Å². The molecule has 0 spiro atoms. The van der Waals surface area contributed by atoms with Gasteiger partial charge in [0.25, 0.3) is 5.56 Å². The first-order chi connectivity index (χ1) is 14.3. The summed E-state index contributed by atoms with van der Waals surface area (Å²) in [5.41, 5.74) is 1.15. The lowest BCUT2D eigenvalue weighted by molar-refractivity contribution is 0.508. The maximum absolute atomic E-state index is 13.4. The summed E-state index contributed by atoms with van der Waals surface area (Å²) in [5, 5.41) is 8.89. The van der Waals surface area contributed by atoms with Gasteiger partial charge in [-0.3, -0.25) is 14.6 Å². The minimum atomic E-state index is -4.00. The normalized spacial score (nSPS) is 13.0. The number of pyridine rings is 2. The molecule has 154 valence electrons. The Balaban J connectivity index is 2.16. The summed E-state index contributed by atoms with van der Waals surface area (Å²) in [6.07, 6.45) is 2.25. The van der Waals surface area contributed by atoms with Crippen LogP contribution < -0.4 is 11.0 Å². The molecule has 1 atom stereocenters. The smallest absolute Gasteiger partial charge is 0.267 e. The van der Waals surface area contributed by atoms with Gasteiger partial charge in [0.15, 0.2) is 0 Å². The summed E-state index contributed by atoms with van der Waals surface area (Å²) in [6.45, 7) is 5.70. The van der Waals surface area contributed by atoms with Gasteiger partial charge >= 0.3 is 0 Å². The number of hydrogen-bond donors (Lipinski definition) is 1. The summed E-state index contributed by atoms with van der Waals surface area (Å²) < 4.78 is 29.7. The van der Waals surface area contributed by atoms with Crippen LogP contribution in [-0.2, 0) is 9.84 Å². The van der Waals surface area contributed by atoms with E-state index < -0.39 is 9.84 Å². The minimum Gasteiger partial charge on any atom is -0.307 e. The van der Waals surface area contributed by atoms with E-state index in [4.69, 9.17) is 5.41 Å². The Morgan fingerprint density at radius 1 is 1.13 bits per heavy atom. The zero-order valence-electron chi connectivity index (χ0n) is 17.0. The molecule has 0 saturated heterocycles. The van der Waals surface area contributed by atoms with Gasteiger partial charge in [0.05, 0.1) is 10.3 Å². The third kappa shape index (κ3) is 3.04. The molecule has 4 rings (SSSR count). The van der Waals surface area contributed by atoms with Gasteiger partial charge < -0.3 is 4.57 Å². The van der Waals surface area contributed by atoms with Crippen LogP contribution in [0.4, 0.5) is 0 Å². The second-order valence-corrected chi connectivity index (χ2v) is 9.30. The van der Waals surface area contributed by atoms with Crippen molar-refractivity contribution in [3.63, 3.8) is 0 Å². The van der Waals surface area contributed by atoms with Gasteiger partial charge in [-0.1, -0.05) is 30.7 Å². The fourth-order valence-corrected chi connectivity index (χ4v) is 4.86. The first-order valence-corrected chi connectivity index (χ1v) is 11.2. The molecule has 0 aliphatic rings. The molecule has 8 heteroatoms. The molecular formula is C22H22N4O3S. The van der Waals surface area contributed by atoms with Crippen molar-refractivity contribution in [3.05, 3.63) is 76.1 Å².